The number of ether oxygens (including phenoxy) is 2. The first kappa shape index (κ1) is 19.3. The Morgan fingerprint density at radius 3 is 2.86 bits per heavy atom. The molecule has 6 heteroatoms. The molecule has 0 saturated carbocycles. The van der Waals surface area contributed by atoms with E-state index in [2.05, 4.69) is 27.8 Å². The molecular weight excluding hydrogens is 366 g/mol. The van der Waals surface area contributed by atoms with Crippen molar-refractivity contribution in [3.8, 4) is 11.4 Å². The number of aromatic nitrogens is 2. The number of benzene rings is 1. The van der Waals surface area contributed by atoms with E-state index in [1.807, 2.05) is 51.4 Å². The second-order valence-electron chi connectivity index (χ2n) is 8.40. The minimum absolute atomic E-state index is 0.0147. The van der Waals surface area contributed by atoms with Crippen LogP contribution in [-0.4, -0.2) is 45.3 Å². The quantitative estimate of drug-likeness (QED) is 0.639. The molecule has 1 amide bonds. The number of nitrogens with zero attached hydrogens (tertiary/aromatic N) is 3. The summed E-state index contributed by atoms with van der Waals surface area (Å²) in [6, 6.07) is 12.3. The van der Waals surface area contributed by atoms with Crippen molar-refractivity contribution >= 4 is 17.0 Å². The first-order valence-electron chi connectivity index (χ1n) is 10.0. The van der Waals surface area contributed by atoms with E-state index in [0.717, 1.165) is 24.0 Å². The number of hydrogen-bond donors (Lipinski definition) is 0. The zero-order chi connectivity index (χ0) is 20.4. The molecule has 3 aromatic rings. The van der Waals surface area contributed by atoms with Crippen LogP contribution in [0.4, 0.5) is 4.79 Å². The van der Waals surface area contributed by atoms with Crippen LogP contribution in [0.15, 0.2) is 55.0 Å². The van der Waals surface area contributed by atoms with Crippen LogP contribution in [0.2, 0.25) is 0 Å². The minimum atomic E-state index is -0.497. The number of likely N-dealkylation sites (tertiary alicyclic amines) is 1. The average Bonchev–Trinajstić information content (AvgIpc) is 3.32. The molecule has 0 aliphatic carbocycles. The van der Waals surface area contributed by atoms with Crippen LogP contribution in [0.25, 0.3) is 16.6 Å². The van der Waals surface area contributed by atoms with Gasteiger partial charge in [0, 0.05) is 18.8 Å². The van der Waals surface area contributed by atoms with Gasteiger partial charge < -0.3 is 18.9 Å². The lowest BCUT2D eigenvalue weighted by molar-refractivity contribution is 0.0187. The highest BCUT2D eigenvalue weighted by atomic mass is 16.6. The molecule has 1 aliphatic heterocycles. The SMILES string of the molecule is CC(C)(C)OC(=O)N1CCC[C@H]1COc1cncc(-n2ccc3ccccc32)c1. The van der Waals surface area contributed by atoms with Gasteiger partial charge in [0.15, 0.2) is 0 Å². The van der Waals surface area contributed by atoms with E-state index in [9.17, 15) is 4.79 Å². The van der Waals surface area contributed by atoms with Gasteiger partial charge in [-0.1, -0.05) is 18.2 Å². The normalized spacial score (nSPS) is 16.9. The van der Waals surface area contributed by atoms with Crippen LogP contribution < -0.4 is 4.74 Å². The predicted molar refractivity (Wildman–Crippen MR) is 113 cm³/mol. The molecule has 1 atom stereocenters. The van der Waals surface area contributed by atoms with E-state index in [-0.39, 0.29) is 12.1 Å². The third kappa shape index (κ3) is 4.36. The molecule has 1 fully saturated rings. The van der Waals surface area contributed by atoms with Crippen LogP contribution in [0.5, 0.6) is 5.75 Å². The highest BCUT2D eigenvalue weighted by Crippen LogP contribution is 2.24. The molecule has 0 unspecified atom stereocenters. The third-order valence-corrected chi connectivity index (χ3v) is 5.02. The number of carbonyl (C=O) groups is 1. The molecule has 4 rings (SSSR count). The lowest BCUT2D eigenvalue weighted by atomic mass is 10.2. The van der Waals surface area contributed by atoms with Gasteiger partial charge in [0.2, 0.25) is 0 Å². The van der Waals surface area contributed by atoms with Crippen molar-refractivity contribution in [2.24, 2.45) is 0 Å². The number of para-hydroxylation sites is 1. The summed E-state index contributed by atoms with van der Waals surface area (Å²) >= 11 is 0. The summed E-state index contributed by atoms with van der Waals surface area (Å²) in [4.78, 5) is 18.6. The van der Waals surface area contributed by atoms with E-state index < -0.39 is 5.60 Å². The summed E-state index contributed by atoms with van der Waals surface area (Å²) in [5, 5.41) is 1.18. The molecule has 0 radical (unpaired) electrons. The Bertz CT molecular complexity index is 1010. The maximum atomic E-state index is 12.4. The molecule has 152 valence electrons. The van der Waals surface area contributed by atoms with Crippen molar-refractivity contribution in [3.05, 3.63) is 55.0 Å². The third-order valence-electron chi connectivity index (χ3n) is 5.02. The van der Waals surface area contributed by atoms with Gasteiger partial charge in [-0.05, 0) is 51.1 Å². The van der Waals surface area contributed by atoms with Crippen molar-refractivity contribution in [1.82, 2.24) is 14.5 Å². The van der Waals surface area contributed by atoms with Gasteiger partial charge in [-0.15, -0.1) is 0 Å². The van der Waals surface area contributed by atoms with Crippen LogP contribution >= 0.6 is 0 Å². The zero-order valence-electron chi connectivity index (χ0n) is 17.2. The zero-order valence-corrected chi connectivity index (χ0v) is 17.2. The fraction of sp³-hybridized carbons (Fsp3) is 0.391. The minimum Gasteiger partial charge on any atom is -0.490 e. The lowest BCUT2D eigenvalue weighted by Crippen LogP contribution is -2.42. The Morgan fingerprint density at radius 2 is 2.03 bits per heavy atom. The number of rotatable bonds is 4. The van der Waals surface area contributed by atoms with E-state index in [4.69, 9.17) is 9.47 Å². The second-order valence-corrected chi connectivity index (χ2v) is 8.40. The van der Waals surface area contributed by atoms with Gasteiger partial charge in [0.1, 0.15) is 18.0 Å². The largest absolute Gasteiger partial charge is 0.490 e. The van der Waals surface area contributed by atoms with Gasteiger partial charge in [-0.25, -0.2) is 4.79 Å². The fourth-order valence-electron chi connectivity index (χ4n) is 3.69. The molecule has 0 bridgehead atoms. The van der Waals surface area contributed by atoms with Crippen molar-refractivity contribution in [2.45, 2.75) is 45.3 Å². The van der Waals surface area contributed by atoms with Gasteiger partial charge in [-0.2, -0.15) is 0 Å². The average molecular weight is 393 g/mol. The molecule has 2 aromatic heterocycles. The predicted octanol–water partition coefficient (Wildman–Crippen LogP) is 4.80. The van der Waals surface area contributed by atoms with Crippen molar-refractivity contribution in [2.75, 3.05) is 13.2 Å². The molecule has 6 nitrogen and oxygen atoms in total. The fourth-order valence-corrected chi connectivity index (χ4v) is 3.69. The summed E-state index contributed by atoms with van der Waals surface area (Å²) in [6.07, 6.45) is 7.17. The van der Waals surface area contributed by atoms with E-state index in [0.29, 0.717) is 18.9 Å². The van der Waals surface area contributed by atoms with Crippen molar-refractivity contribution in [3.63, 3.8) is 0 Å². The Labute approximate surface area is 171 Å². The lowest BCUT2D eigenvalue weighted by Gasteiger charge is -2.28. The van der Waals surface area contributed by atoms with Crippen molar-refractivity contribution in [1.29, 1.82) is 0 Å². The molecule has 1 saturated heterocycles. The van der Waals surface area contributed by atoms with Gasteiger partial charge in [-0.3, -0.25) is 4.98 Å². The molecule has 3 heterocycles. The first-order chi connectivity index (χ1) is 13.9. The maximum absolute atomic E-state index is 12.4. The molecule has 0 spiro atoms. The highest BCUT2D eigenvalue weighted by Gasteiger charge is 2.32. The summed E-state index contributed by atoms with van der Waals surface area (Å²) in [7, 11) is 0. The Balaban J connectivity index is 1.45. The van der Waals surface area contributed by atoms with Gasteiger partial charge in [0.25, 0.3) is 0 Å². The molecular formula is C23H27N3O3. The van der Waals surface area contributed by atoms with Gasteiger partial charge in [0.05, 0.1) is 29.6 Å². The Kier molecular flexibility index (Phi) is 5.18. The molecule has 1 aromatic carbocycles. The van der Waals surface area contributed by atoms with Crippen LogP contribution in [0.3, 0.4) is 0 Å². The highest BCUT2D eigenvalue weighted by molar-refractivity contribution is 5.81. The van der Waals surface area contributed by atoms with E-state index in [1.165, 1.54) is 5.39 Å². The number of amides is 1. The summed E-state index contributed by atoms with van der Waals surface area (Å²) in [5.41, 5.74) is 1.57. The first-order valence-corrected chi connectivity index (χ1v) is 10.0. The second kappa shape index (κ2) is 7.78. The van der Waals surface area contributed by atoms with Gasteiger partial charge >= 0.3 is 6.09 Å². The van der Waals surface area contributed by atoms with Crippen LogP contribution in [-0.2, 0) is 4.74 Å². The standard InChI is InChI=1S/C23H27N3O3/c1-23(2,3)29-22(27)26-11-6-8-18(26)16-28-20-13-19(14-24-15-20)25-12-10-17-7-4-5-9-21(17)25/h4-5,7,9-10,12-15,18H,6,8,11,16H2,1-3H3/t18-/m0/s1. The molecule has 1 aliphatic rings. The van der Waals surface area contributed by atoms with Crippen LogP contribution in [0.1, 0.15) is 33.6 Å². The Morgan fingerprint density at radius 1 is 1.21 bits per heavy atom. The van der Waals surface area contributed by atoms with Crippen LogP contribution in [0, 0.1) is 0 Å². The molecule has 0 N–H and O–H groups in total. The van der Waals surface area contributed by atoms with Crippen molar-refractivity contribution < 1.29 is 14.3 Å². The molecule has 29 heavy (non-hydrogen) atoms. The number of pyridine rings is 1. The van der Waals surface area contributed by atoms with E-state index >= 15 is 0 Å². The maximum Gasteiger partial charge on any atom is 0.410 e. The summed E-state index contributed by atoms with van der Waals surface area (Å²) in [5.74, 6) is 0.691. The van der Waals surface area contributed by atoms with E-state index in [1.54, 1.807) is 11.1 Å². The smallest absolute Gasteiger partial charge is 0.410 e. The number of hydrogen-bond acceptors (Lipinski definition) is 4. The monoisotopic (exact) mass is 393 g/mol. The summed E-state index contributed by atoms with van der Waals surface area (Å²) < 4.78 is 13.6. The Hall–Kier alpha value is -3.02. The topological polar surface area (TPSA) is 56.6 Å². The summed E-state index contributed by atoms with van der Waals surface area (Å²) in [6.45, 7) is 6.78. The number of carbonyl (C=O) groups excluding carboxylic acids is 1. The number of fused-ring (bicyclic) bond motifs is 1.